The number of benzene rings is 1. The molecule has 0 bridgehead atoms. The van der Waals surface area contributed by atoms with Gasteiger partial charge in [0, 0.05) is 30.9 Å². The second kappa shape index (κ2) is 6.64. The highest BCUT2D eigenvalue weighted by Gasteiger charge is 2.39. The van der Waals surface area contributed by atoms with Crippen LogP contribution in [0.5, 0.6) is 0 Å². The highest BCUT2D eigenvalue weighted by molar-refractivity contribution is 5.95. The molecular weight excluding hydrogens is 336 g/mol. The van der Waals surface area contributed by atoms with Gasteiger partial charge in [-0.2, -0.15) is 0 Å². The summed E-state index contributed by atoms with van der Waals surface area (Å²) < 4.78 is 37.8. The van der Waals surface area contributed by atoms with Crippen LogP contribution in [0.25, 0.3) is 0 Å². The van der Waals surface area contributed by atoms with Crippen LogP contribution in [0, 0.1) is 11.6 Å². The fourth-order valence-corrected chi connectivity index (χ4v) is 2.91. The Labute approximate surface area is 141 Å². The summed E-state index contributed by atoms with van der Waals surface area (Å²) >= 11 is 0. The normalized spacial score (nSPS) is 16.4. The minimum absolute atomic E-state index is 0.149. The van der Waals surface area contributed by atoms with E-state index < -0.39 is 29.0 Å². The maximum Gasteiger partial charge on any atom is 0.338 e. The van der Waals surface area contributed by atoms with Gasteiger partial charge >= 0.3 is 5.97 Å². The third kappa shape index (κ3) is 3.39. The molecular formula is C17H15F2NO5. The van der Waals surface area contributed by atoms with Crippen molar-refractivity contribution in [3.05, 3.63) is 59.1 Å². The van der Waals surface area contributed by atoms with Gasteiger partial charge in [-0.3, -0.25) is 4.79 Å². The van der Waals surface area contributed by atoms with Gasteiger partial charge in [0.05, 0.1) is 11.1 Å². The summed E-state index contributed by atoms with van der Waals surface area (Å²) in [5.74, 6) is -3.60. The number of rotatable bonds is 4. The second-order valence-corrected chi connectivity index (χ2v) is 5.78. The molecule has 0 aliphatic carbocycles. The molecule has 6 nitrogen and oxygen atoms in total. The van der Waals surface area contributed by atoms with Gasteiger partial charge in [0.2, 0.25) is 0 Å². The summed E-state index contributed by atoms with van der Waals surface area (Å²) in [5, 5.41) is 11.6. The minimum atomic E-state index is -1.23. The number of amides is 1. The van der Waals surface area contributed by atoms with Crippen molar-refractivity contribution in [2.45, 2.75) is 18.4 Å². The fraction of sp³-hybridized carbons (Fsp3) is 0.294. The number of nitrogens with one attached hydrogen (secondary N) is 1. The van der Waals surface area contributed by atoms with Crippen LogP contribution >= 0.6 is 0 Å². The van der Waals surface area contributed by atoms with Crippen LogP contribution in [0.4, 0.5) is 8.78 Å². The first kappa shape index (κ1) is 17.1. The molecule has 0 spiro atoms. The largest absolute Gasteiger partial charge is 0.478 e. The van der Waals surface area contributed by atoms with E-state index in [0.29, 0.717) is 0 Å². The lowest BCUT2D eigenvalue weighted by Crippen LogP contribution is -2.50. The number of hydrogen-bond acceptors (Lipinski definition) is 4. The molecule has 132 valence electrons. The average molecular weight is 351 g/mol. The topological polar surface area (TPSA) is 88.8 Å². The summed E-state index contributed by atoms with van der Waals surface area (Å²) in [6, 6.07) is 4.26. The highest BCUT2D eigenvalue weighted by atomic mass is 19.1. The molecule has 1 aromatic heterocycles. The molecule has 8 heteroatoms. The van der Waals surface area contributed by atoms with Gasteiger partial charge < -0.3 is 19.6 Å². The van der Waals surface area contributed by atoms with Gasteiger partial charge in [0.25, 0.3) is 5.91 Å². The predicted octanol–water partition coefficient (Wildman–Crippen LogP) is 2.69. The number of carbonyl (C=O) groups is 2. The van der Waals surface area contributed by atoms with E-state index in [1.807, 2.05) is 0 Å². The van der Waals surface area contributed by atoms with Gasteiger partial charge in [0.15, 0.2) is 5.76 Å². The molecule has 0 unspecified atom stereocenters. The first-order valence-electron chi connectivity index (χ1n) is 7.59. The van der Waals surface area contributed by atoms with E-state index in [9.17, 15) is 18.4 Å². The molecule has 1 aromatic carbocycles. The second-order valence-electron chi connectivity index (χ2n) is 5.78. The van der Waals surface area contributed by atoms with Crippen molar-refractivity contribution in [3.8, 4) is 0 Å². The Hall–Kier alpha value is -2.74. The molecule has 0 saturated carbocycles. The molecule has 1 aliphatic heterocycles. The van der Waals surface area contributed by atoms with Crippen LogP contribution < -0.4 is 5.32 Å². The number of furan rings is 1. The number of ether oxygens (including phenoxy) is 1. The molecule has 2 heterocycles. The van der Waals surface area contributed by atoms with E-state index in [2.05, 4.69) is 5.32 Å². The Kier molecular flexibility index (Phi) is 4.54. The third-order valence-electron chi connectivity index (χ3n) is 4.22. The fourth-order valence-electron chi connectivity index (χ4n) is 2.91. The van der Waals surface area contributed by atoms with Crippen molar-refractivity contribution in [1.82, 2.24) is 5.32 Å². The zero-order chi connectivity index (χ0) is 18.0. The SMILES string of the molecule is O=C(O)c1coc(C(=O)NC2(c3ccc(F)cc3F)CCOCC2)c1. The number of carboxylic acid groups (broad SMARTS) is 1. The lowest BCUT2D eigenvalue weighted by Gasteiger charge is -2.38. The molecule has 1 aliphatic rings. The molecule has 25 heavy (non-hydrogen) atoms. The zero-order valence-electron chi connectivity index (χ0n) is 13.1. The lowest BCUT2D eigenvalue weighted by atomic mass is 9.82. The average Bonchev–Trinajstić information content (AvgIpc) is 3.06. The number of hydrogen-bond donors (Lipinski definition) is 2. The maximum atomic E-state index is 14.3. The van der Waals surface area contributed by atoms with E-state index >= 15 is 0 Å². The quantitative estimate of drug-likeness (QED) is 0.884. The van der Waals surface area contributed by atoms with Gasteiger partial charge in [0.1, 0.15) is 17.9 Å². The summed E-state index contributed by atoms with van der Waals surface area (Å²) in [6.45, 7) is 0.575. The molecule has 2 N–H and O–H groups in total. The smallest absolute Gasteiger partial charge is 0.338 e. The maximum absolute atomic E-state index is 14.3. The number of halogens is 2. The van der Waals surface area contributed by atoms with E-state index in [1.165, 1.54) is 6.07 Å². The number of aromatic carboxylic acids is 1. The van der Waals surface area contributed by atoms with Crippen molar-refractivity contribution in [2.75, 3.05) is 13.2 Å². The van der Waals surface area contributed by atoms with Crippen LogP contribution in [0.1, 0.15) is 39.3 Å². The first-order valence-corrected chi connectivity index (χ1v) is 7.59. The predicted molar refractivity (Wildman–Crippen MR) is 81.2 cm³/mol. The number of carbonyl (C=O) groups excluding carboxylic acids is 1. The summed E-state index contributed by atoms with van der Waals surface area (Å²) in [6.07, 6.45) is 1.52. The van der Waals surface area contributed by atoms with Crippen LogP contribution in [-0.4, -0.2) is 30.2 Å². The minimum Gasteiger partial charge on any atom is -0.478 e. The van der Waals surface area contributed by atoms with E-state index in [-0.39, 0.29) is 42.9 Å². The Balaban J connectivity index is 1.92. The summed E-state index contributed by atoms with van der Waals surface area (Å²) in [5.41, 5.74) is -1.11. The van der Waals surface area contributed by atoms with Crippen LogP contribution in [0.15, 0.2) is 34.9 Å². The van der Waals surface area contributed by atoms with Crippen LogP contribution in [0.2, 0.25) is 0 Å². The Bertz CT molecular complexity index is 811. The van der Waals surface area contributed by atoms with E-state index in [0.717, 1.165) is 24.5 Å². The van der Waals surface area contributed by atoms with Crippen molar-refractivity contribution in [2.24, 2.45) is 0 Å². The van der Waals surface area contributed by atoms with Crippen LogP contribution in [-0.2, 0) is 10.3 Å². The first-order chi connectivity index (χ1) is 11.9. The monoisotopic (exact) mass is 351 g/mol. The standard InChI is InChI=1S/C17H15F2NO5/c18-11-1-2-12(13(19)8-11)17(3-5-24-6-4-17)20-15(21)14-7-10(9-25-14)16(22)23/h1-2,7-9H,3-6H2,(H,20,21)(H,22,23). The van der Waals surface area contributed by atoms with Crippen molar-refractivity contribution in [1.29, 1.82) is 0 Å². The van der Waals surface area contributed by atoms with Crippen molar-refractivity contribution >= 4 is 11.9 Å². The molecule has 1 amide bonds. The van der Waals surface area contributed by atoms with Gasteiger partial charge in [-0.25, -0.2) is 13.6 Å². The van der Waals surface area contributed by atoms with E-state index in [1.54, 1.807) is 0 Å². The third-order valence-corrected chi connectivity index (χ3v) is 4.22. The van der Waals surface area contributed by atoms with Gasteiger partial charge in [-0.1, -0.05) is 6.07 Å². The molecule has 0 atom stereocenters. The van der Waals surface area contributed by atoms with E-state index in [4.69, 9.17) is 14.3 Å². The number of carboxylic acids is 1. The summed E-state index contributed by atoms with van der Waals surface area (Å²) in [4.78, 5) is 23.4. The van der Waals surface area contributed by atoms with Crippen LogP contribution in [0.3, 0.4) is 0 Å². The van der Waals surface area contributed by atoms with Gasteiger partial charge in [-0.05, 0) is 18.9 Å². The zero-order valence-corrected chi connectivity index (χ0v) is 13.1. The molecule has 0 radical (unpaired) electrons. The molecule has 1 saturated heterocycles. The lowest BCUT2D eigenvalue weighted by molar-refractivity contribution is 0.0325. The van der Waals surface area contributed by atoms with Gasteiger partial charge in [-0.15, -0.1) is 0 Å². The molecule has 1 fully saturated rings. The summed E-state index contributed by atoms with van der Waals surface area (Å²) in [7, 11) is 0. The van der Waals surface area contributed by atoms with Crippen molar-refractivity contribution < 1.29 is 32.6 Å². The Morgan fingerprint density at radius 3 is 2.48 bits per heavy atom. The molecule has 2 aromatic rings. The highest BCUT2D eigenvalue weighted by Crippen LogP contribution is 2.34. The Morgan fingerprint density at radius 2 is 1.88 bits per heavy atom. The molecule has 3 rings (SSSR count). The van der Waals surface area contributed by atoms with Crippen molar-refractivity contribution in [3.63, 3.8) is 0 Å². The Morgan fingerprint density at radius 1 is 1.16 bits per heavy atom.